The Kier molecular flexibility index (Phi) is 11.6. The van der Waals surface area contributed by atoms with E-state index in [-0.39, 0.29) is 45.5 Å². The normalized spacial score (nSPS) is 19.5. The maximum absolute atomic E-state index is 13.7. The molecule has 3 aliphatic rings. The molecule has 3 atom stereocenters. The quantitative estimate of drug-likeness (QED) is 0.0989. The summed E-state index contributed by atoms with van der Waals surface area (Å²) in [7, 11) is 1.29. The van der Waals surface area contributed by atoms with Gasteiger partial charge in [0.25, 0.3) is 0 Å². The van der Waals surface area contributed by atoms with Crippen molar-refractivity contribution in [2.45, 2.75) is 50.5 Å². The molecule has 5 heterocycles. The average Bonchev–Trinajstić information content (AvgIpc) is 3.53. The third-order valence-electron chi connectivity index (χ3n) is 9.37. The molecule has 0 saturated carbocycles. The topological polar surface area (TPSA) is 124 Å². The standard InChI is InChI=1S/C36H35Cl2F2N3O7S/c1-48-30-13-22(7-8-29(30)50-36(39)40)24(15-26-27(37)17-43(47)18-28(26)38)25-14-23(51-33(25)34(44)45)16-41-32(21-5-3-2-4-6-21)35(46)49-31-19-42-11-9-20(31)10-12-42/h2-8,13-14,17-18,20,24,31-32,36,41H,9-12,15-16,19H2,1H3,(H-,44,45,47)/t24-,31-,32?/m0/s1. The lowest BCUT2D eigenvalue weighted by Crippen LogP contribution is -2.52. The van der Waals surface area contributed by atoms with Crippen LogP contribution in [0.2, 0.25) is 10.0 Å². The smallest absolute Gasteiger partial charge is 0.387 e. The number of carbonyl (C=O) groups is 2. The Morgan fingerprint density at radius 1 is 1.06 bits per heavy atom. The summed E-state index contributed by atoms with van der Waals surface area (Å²) in [5.41, 5.74) is 1.91. The van der Waals surface area contributed by atoms with Gasteiger partial charge in [-0.3, -0.25) is 15.4 Å². The number of esters is 1. The first kappa shape index (κ1) is 36.8. The number of nitrogens with one attached hydrogen (secondary N) is 1. The molecule has 3 saturated heterocycles. The Morgan fingerprint density at radius 3 is 2.37 bits per heavy atom. The van der Waals surface area contributed by atoms with Crippen LogP contribution in [0.1, 0.15) is 61.6 Å². The van der Waals surface area contributed by atoms with Crippen LogP contribution in [0, 0.1) is 5.92 Å². The molecule has 51 heavy (non-hydrogen) atoms. The van der Waals surface area contributed by atoms with Gasteiger partial charge < -0.3 is 24.1 Å². The van der Waals surface area contributed by atoms with Crippen LogP contribution in [0.15, 0.2) is 67.0 Å². The zero-order valence-electron chi connectivity index (χ0n) is 27.4. The number of aromatic carboxylic acids is 1. The first-order valence-electron chi connectivity index (χ1n) is 16.3. The van der Waals surface area contributed by atoms with Gasteiger partial charge in [0.2, 0.25) is 12.4 Å². The highest BCUT2D eigenvalue weighted by atomic mass is 35.5. The zero-order chi connectivity index (χ0) is 36.2. The van der Waals surface area contributed by atoms with Crippen LogP contribution in [0.4, 0.5) is 8.78 Å². The number of halogens is 4. The Labute approximate surface area is 307 Å². The maximum atomic E-state index is 13.7. The number of nitrogens with zero attached hydrogens (tertiary/aromatic N) is 2. The van der Waals surface area contributed by atoms with Crippen molar-refractivity contribution in [3.63, 3.8) is 0 Å². The van der Waals surface area contributed by atoms with Gasteiger partial charge in [0.05, 0.1) is 18.0 Å². The summed E-state index contributed by atoms with van der Waals surface area (Å²) < 4.78 is 43.0. The number of fused-ring (bicyclic) bond motifs is 3. The SMILES string of the molecule is COc1cc([C@H](Cc2c(Cl)c[n+](O)cc2Cl)c2cc(CNC(C(=O)O[C@H]3CN4CCC3CC4)c3ccccc3)sc2C(=O)[O-])ccc1OC(F)F. The van der Waals surface area contributed by atoms with Crippen molar-refractivity contribution in [2.75, 3.05) is 26.7 Å². The van der Waals surface area contributed by atoms with E-state index in [1.54, 1.807) is 6.07 Å². The van der Waals surface area contributed by atoms with Gasteiger partial charge in [-0.15, -0.1) is 11.3 Å². The third kappa shape index (κ3) is 8.56. The van der Waals surface area contributed by atoms with E-state index in [1.807, 2.05) is 30.3 Å². The second-order valence-electron chi connectivity index (χ2n) is 12.5. The number of hydrogen-bond donors (Lipinski definition) is 2. The van der Waals surface area contributed by atoms with Crippen LogP contribution >= 0.6 is 34.5 Å². The van der Waals surface area contributed by atoms with E-state index >= 15 is 0 Å². The lowest BCUT2D eigenvalue weighted by molar-refractivity contribution is -0.904. The van der Waals surface area contributed by atoms with Gasteiger partial charge in [0, 0.05) is 34.2 Å². The lowest BCUT2D eigenvalue weighted by atomic mass is 9.85. The molecule has 2 N–H and O–H groups in total. The second-order valence-corrected chi connectivity index (χ2v) is 14.4. The minimum Gasteiger partial charge on any atom is -0.544 e. The fourth-order valence-electron chi connectivity index (χ4n) is 6.85. The van der Waals surface area contributed by atoms with Crippen molar-refractivity contribution in [1.29, 1.82) is 0 Å². The fraction of sp³-hybridized carbons (Fsp3) is 0.361. The van der Waals surface area contributed by atoms with E-state index in [9.17, 15) is 28.7 Å². The van der Waals surface area contributed by atoms with Crippen molar-refractivity contribution in [2.24, 2.45) is 5.92 Å². The fourth-order valence-corrected chi connectivity index (χ4v) is 8.46. The number of piperidine rings is 3. The van der Waals surface area contributed by atoms with E-state index in [4.69, 9.17) is 32.7 Å². The molecule has 3 fully saturated rings. The van der Waals surface area contributed by atoms with Gasteiger partial charge in [-0.1, -0.05) is 59.6 Å². The average molecular weight is 763 g/mol. The Morgan fingerprint density at radius 2 is 1.76 bits per heavy atom. The number of methoxy groups -OCH3 is 1. The molecular weight excluding hydrogens is 727 g/mol. The molecule has 2 bridgehead atoms. The number of carboxylic acid groups (broad SMARTS) is 1. The number of benzene rings is 2. The highest BCUT2D eigenvalue weighted by molar-refractivity contribution is 7.14. The van der Waals surface area contributed by atoms with Crippen LogP contribution in [-0.2, 0) is 22.5 Å². The summed E-state index contributed by atoms with van der Waals surface area (Å²) in [4.78, 5) is 29.1. The highest BCUT2D eigenvalue weighted by Crippen LogP contribution is 2.41. The number of carboxylic acids is 1. The summed E-state index contributed by atoms with van der Waals surface area (Å²) in [5, 5.41) is 26.1. The number of aromatic nitrogens is 1. The van der Waals surface area contributed by atoms with Crippen LogP contribution in [0.25, 0.3) is 0 Å². The van der Waals surface area contributed by atoms with Crippen molar-refractivity contribution >= 4 is 46.5 Å². The molecule has 2 aromatic heterocycles. The molecule has 2 aromatic carbocycles. The number of rotatable bonds is 14. The first-order valence-corrected chi connectivity index (χ1v) is 17.8. The van der Waals surface area contributed by atoms with Crippen molar-refractivity contribution in [3.8, 4) is 11.5 Å². The monoisotopic (exact) mass is 761 g/mol. The molecule has 1 unspecified atom stereocenters. The molecule has 0 radical (unpaired) electrons. The summed E-state index contributed by atoms with van der Waals surface area (Å²) in [5.74, 6) is -2.51. The van der Waals surface area contributed by atoms with Gasteiger partial charge >= 0.3 is 12.6 Å². The molecule has 10 nitrogen and oxygen atoms in total. The van der Waals surface area contributed by atoms with Crippen molar-refractivity contribution in [3.05, 3.63) is 109 Å². The number of alkyl halides is 2. The molecule has 0 spiro atoms. The second kappa shape index (κ2) is 16.1. The van der Waals surface area contributed by atoms with Crippen molar-refractivity contribution < 1.29 is 47.6 Å². The van der Waals surface area contributed by atoms with Gasteiger partial charge in [0.1, 0.15) is 22.2 Å². The Hall–Kier alpha value is -4.01. The van der Waals surface area contributed by atoms with E-state index in [0.29, 0.717) is 44.3 Å². The number of ether oxygens (including phenoxy) is 3. The van der Waals surface area contributed by atoms with E-state index in [0.717, 1.165) is 37.3 Å². The summed E-state index contributed by atoms with van der Waals surface area (Å²) in [6, 6.07) is 14.3. The number of hydrogen-bond acceptors (Lipinski definition) is 10. The van der Waals surface area contributed by atoms with Gasteiger partial charge in [-0.25, -0.2) is 4.79 Å². The Bertz CT molecular complexity index is 1850. The zero-order valence-corrected chi connectivity index (χ0v) is 29.7. The van der Waals surface area contributed by atoms with Gasteiger partial charge in [0.15, 0.2) is 11.5 Å². The summed E-state index contributed by atoms with van der Waals surface area (Å²) >= 11 is 14.0. The molecule has 4 aromatic rings. The number of thiophene rings is 1. The summed E-state index contributed by atoms with van der Waals surface area (Å²) in [6.45, 7) is -0.278. The molecule has 0 amide bonds. The lowest BCUT2D eigenvalue weighted by Gasteiger charge is -2.44. The van der Waals surface area contributed by atoms with Gasteiger partial charge in [-0.2, -0.15) is 8.78 Å². The van der Waals surface area contributed by atoms with Crippen LogP contribution < -0.4 is 24.6 Å². The molecule has 7 rings (SSSR count). The van der Waals surface area contributed by atoms with Crippen LogP contribution in [0.3, 0.4) is 0 Å². The van der Waals surface area contributed by atoms with E-state index in [2.05, 4.69) is 15.0 Å². The first-order chi connectivity index (χ1) is 24.5. The minimum atomic E-state index is -3.10. The third-order valence-corrected chi connectivity index (χ3v) is 11.1. The summed E-state index contributed by atoms with van der Waals surface area (Å²) in [6.07, 6.45) is 4.29. The van der Waals surface area contributed by atoms with Crippen LogP contribution in [-0.4, -0.2) is 61.5 Å². The predicted molar refractivity (Wildman–Crippen MR) is 183 cm³/mol. The Balaban J connectivity index is 1.33. The number of pyridine rings is 1. The van der Waals surface area contributed by atoms with Gasteiger partial charge in [-0.05, 0) is 73.2 Å². The number of carbonyl (C=O) groups excluding carboxylic acids is 2. The van der Waals surface area contributed by atoms with E-state index < -0.39 is 30.5 Å². The molecular formula is C36H35Cl2F2N3O7S. The largest absolute Gasteiger partial charge is 0.544 e. The molecule has 3 aliphatic heterocycles. The molecule has 270 valence electrons. The minimum absolute atomic E-state index is 0.00409. The van der Waals surface area contributed by atoms with Crippen molar-refractivity contribution in [1.82, 2.24) is 10.2 Å². The molecule has 0 aliphatic carbocycles. The molecule has 15 heteroatoms. The predicted octanol–water partition coefficient (Wildman–Crippen LogP) is 5.40. The van der Waals surface area contributed by atoms with Crippen LogP contribution in [0.5, 0.6) is 11.5 Å². The van der Waals surface area contributed by atoms with E-state index in [1.165, 1.54) is 37.7 Å². The highest BCUT2D eigenvalue weighted by Gasteiger charge is 2.38. The maximum Gasteiger partial charge on any atom is 0.387 e.